The topological polar surface area (TPSA) is 48.1 Å². The highest BCUT2D eigenvalue weighted by Gasteiger charge is 2.01. The number of nitrogens with zero attached hydrogens (tertiary/aromatic N) is 1. The first-order chi connectivity index (χ1) is 6.70. The highest BCUT2D eigenvalue weighted by atomic mass is 35.5. The van der Waals surface area contributed by atoms with Crippen molar-refractivity contribution in [1.29, 1.82) is 0 Å². The molecule has 0 atom stereocenters. The zero-order valence-electron chi connectivity index (χ0n) is 8.65. The van der Waals surface area contributed by atoms with Gasteiger partial charge in [0.15, 0.2) is 0 Å². The fourth-order valence-electron chi connectivity index (χ4n) is 1.39. The molecule has 3 nitrogen and oxygen atoms in total. The van der Waals surface area contributed by atoms with E-state index in [9.17, 15) is 0 Å². The van der Waals surface area contributed by atoms with E-state index in [0.717, 1.165) is 22.2 Å². The second kappa shape index (κ2) is 4.36. The van der Waals surface area contributed by atoms with E-state index in [1.807, 2.05) is 31.2 Å². The summed E-state index contributed by atoms with van der Waals surface area (Å²) < 4.78 is 5.11. The number of halogens is 1. The van der Waals surface area contributed by atoms with Gasteiger partial charge in [-0.2, -0.15) is 0 Å². The molecule has 15 heavy (non-hydrogen) atoms. The molecule has 0 aliphatic carbocycles. The van der Waals surface area contributed by atoms with E-state index in [2.05, 4.69) is 4.98 Å². The predicted octanol–water partition coefficient (Wildman–Crippen LogP) is 2.56. The van der Waals surface area contributed by atoms with Gasteiger partial charge in [-0.25, -0.2) is 4.98 Å². The fourth-order valence-corrected chi connectivity index (χ4v) is 1.39. The second-order valence-corrected chi connectivity index (χ2v) is 3.25. The summed E-state index contributed by atoms with van der Waals surface area (Å²) in [5.74, 6) is 1.37. The van der Waals surface area contributed by atoms with Crippen LogP contribution in [0.2, 0.25) is 0 Å². The fraction of sp³-hybridized carbons (Fsp3) is 0.182. The number of hydrogen-bond donors (Lipinski definition) is 1. The number of nitrogens with two attached hydrogens (primary N) is 1. The minimum Gasteiger partial charge on any atom is -0.497 e. The number of pyridine rings is 1. The Hall–Kier alpha value is -1.48. The molecule has 1 aromatic heterocycles. The zero-order chi connectivity index (χ0) is 10.1. The van der Waals surface area contributed by atoms with Crippen molar-refractivity contribution >= 4 is 29.1 Å². The SMILES string of the molecule is COc1ccc2cc(C)c(N)nc2c1.Cl. The number of anilines is 1. The molecule has 0 saturated heterocycles. The van der Waals surface area contributed by atoms with E-state index < -0.39 is 0 Å². The van der Waals surface area contributed by atoms with Crippen LogP contribution in [0.5, 0.6) is 5.75 Å². The Balaban J connectivity index is 0.00000112. The van der Waals surface area contributed by atoms with Gasteiger partial charge in [0.25, 0.3) is 0 Å². The van der Waals surface area contributed by atoms with Gasteiger partial charge in [-0.1, -0.05) is 0 Å². The number of aryl methyl sites for hydroxylation is 1. The van der Waals surface area contributed by atoms with Gasteiger partial charge in [-0.05, 0) is 30.7 Å². The van der Waals surface area contributed by atoms with Crippen molar-refractivity contribution in [1.82, 2.24) is 4.98 Å². The van der Waals surface area contributed by atoms with Gasteiger partial charge in [0.05, 0.1) is 12.6 Å². The van der Waals surface area contributed by atoms with E-state index in [1.165, 1.54) is 0 Å². The highest BCUT2D eigenvalue weighted by molar-refractivity contribution is 5.85. The monoisotopic (exact) mass is 224 g/mol. The van der Waals surface area contributed by atoms with Crippen molar-refractivity contribution in [3.63, 3.8) is 0 Å². The molecular formula is C11H13ClN2O. The molecule has 4 heteroatoms. The number of hydrogen-bond acceptors (Lipinski definition) is 3. The maximum atomic E-state index is 5.73. The lowest BCUT2D eigenvalue weighted by Gasteiger charge is -2.04. The van der Waals surface area contributed by atoms with Crippen LogP contribution in [0.15, 0.2) is 24.3 Å². The first-order valence-corrected chi connectivity index (χ1v) is 4.41. The summed E-state index contributed by atoms with van der Waals surface area (Å²) in [6, 6.07) is 7.80. The van der Waals surface area contributed by atoms with Gasteiger partial charge in [0.1, 0.15) is 11.6 Å². The molecule has 0 amide bonds. The third kappa shape index (κ3) is 2.13. The molecule has 2 aromatic rings. The Labute approximate surface area is 94.7 Å². The molecule has 1 heterocycles. The molecule has 0 aliphatic heterocycles. The lowest BCUT2D eigenvalue weighted by molar-refractivity contribution is 0.415. The van der Waals surface area contributed by atoms with Crippen LogP contribution in [-0.2, 0) is 0 Å². The molecular weight excluding hydrogens is 212 g/mol. The molecule has 80 valence electrons. The van der Waals surface area contributed by atoms with Crippen LogP contribution in [0.4, 0.5) is 5.82 Å². The van der Waals surface area contributed by atoms with Gasteiger partial charge in [0.2, 0.25) is 0 Å². The van der Waals surface area contributed by atoms with Crippen LogP contribution in [0, 0.1) is 6.92 Å². The Kier molecular flexibility index (Phi) is 3.37. The predicted molar refractivity (Wildman–Crippen MR) is 64.7 cm³/mol. The maximum Gasteiger partial charge on any atom is 0.127 e. The molecule has 0 spiro atoms. The molecule has 2 rings (SSSR count). The van der Waals surface area contributed by atoms with Gasteiger partial charge < -0.3 is 10.5 Å². The van der Waals surface area contributed by atoms with E-state index >= 15 is 0 Å². The van der Waals surface area contributed by atoms with Gasteiger partial charge in [-0.15, -0.1) is 12.4 Å². The van der Waals surface area contributed by atoms with Crippen molar-refractivity contribution in [2.24, 2.45) is 0 Å². The van der Waals surface area contributed by atoms with E-state index in [4.69, 9.17) is 10.5 Å². The number of nitrogen functional groups attached to an aromatic ring is 1. The van der Waals surface area contributed by atoms with Crippen LogP contribution < -0.4 is 10.5 Å². The van der Waals surface area contributed by atoms with E-state index in [1.54, 1.807) is 7.11 Å². The summed E-state index contributed by atoms with van der Waals surface area (Å²) >= 11 is 0. The lowest BCUT2D eigenvalue weighted by Crippen LogP contribution is -1.94. The quantitative estimate of drug-likeness (QED) is 0.810. The summed E-state index contributed by atoms with van der Waals surface area (Å²) in [5.41, 5.74) is 7.60. The molecule has 0 aliphatic rings. The Morgan fingerprint density at radius 3 is 2.67 bits per heavy atom. The third-order valence-electron chi connectivity index (χ3n) is 2.25. The maximum absolute atomic E-state index is 5.73. The molecule has 0 radical (unpaired) electrons. The standard InChI is InChI=1S/C11H12N2O.ClH/c1-7-5-8-3-4-9(14-2)6-10(8)13-11(7)12;/h3-6H,1-2H3,(H2,12,13);1H. The van der Waals surface area contributed by atoms with Crippen molar-refractivity contribution in [3.05, 3.63) is 29.8 Å². The minimum atomic E-state index is 0. The minimum absolute atomic E-state index is 0. The van der Waals surface area contributed by atoms with Crippen molar-refractivity contribution in [2.75, 3.05) is 12.8 Å². The zero-order valence-corrected chi connectivity index (χ0v) is 9.47. The average molecular weight is 225 g/mol. The number of fused-ring (bicyclic) bond motifs is 1. The Bertz CT molecular complexity index is 485. The first-order valence-electron chi connectivity index (χ1n) is 4.41. The molecule has 1 aromatic carbocycles. The average Bonchev–Trinajstić information content (AvgIpc) is 2.19. The number of benzene rings is 1. The third-order valence-corrected chi connectivity index (χ3v) is 2.25. The molecule has 2 N–H and O–H groups in total. The van der Waals surface area contributed by atoms with Gasteiger partial charge >= 0.3 is 0 Å². The highest BCUT2D eigenvalue weighted by Crippen LogP contribution is 2.22. The molecule has 0 saturated carbocycles. The summed E-state index contributed by atoms with van der Waals surface area (Å²) in [5, 5.41) is 1.08. The molecule has 0 fully saturated rings. The summed E-state index contributed by atoms with van der Waals surface area (Å²) in [6.07, 6.45) is 0. The Morgan fingerprint density at radius 2 is 2.00 bits per heavy atom. The first kappa shape index (κ1) is 11.6. The van der Waals surface area contributed by atoms with Crippen LogP contribution >= 0.6 is 12.4 Å². The van der Waals surface area contributed by atoms with Crippen LogP contribution in [-0.4, -0.2) is 12.1 Å². The molecule has 0 bridgehead atoms. The number of aromatic nitrogens is 1. The van der Waals surface area contributed by atoms with E-state index in [0.29, 0.717) is 5.82 Å². The van der Waals surface area contributed by atoms with Crippen molar-refractivity contribution in [3.8, 4) is 5.75 Å². The lowest BCUT2D eigenvalue weighted by atomic mass is 10.1. The van der Waals surface area contributed by atoms with E-state index in [-0.39, 0.29) is 12.4 Å². The summed E-state index contributed by atoms with van der Waals surface area (Å²) in [7, 11) is 1.64. The summed E-state index contributed by atoms with van der Waals surface area (Å²) in [4.78, 5) is 4.28. The van der Waals surface area contributed by atoms with Crippen molar-refractivity contribution < 1.29 is 4.74 Å². The normalized spacial score (nSPS) is 9.73. The van der Waals surface area contributed by atoms with Crippen molar-refractivity contribution in [2.45, 2.75) is 6.92 Å². The van der Waals surface area contributed by atoms with Crippen LogP contribution in [0.25, 0.3) is 10.9 Å². The molecule has 0 unspecified atom stereocenters. The second-order valence-electron chi connectivity index (χ2n) is 3.25. The number of rotatable bonds is 1. The van der Waals surface area contributed by atoms with Crippen LogP contribution in [0.3, 0.4) is 0 Å². The van der Waals surface area contributed by atoms with Gasteiger partial charge in [0, 0.05) is 11.5 Å². The number of methoxy groups -OCH3 is 1. The van der Waals surface area contributed by atoms with Gasteiger partial charge in [-0.3, -0.25) is 0 Å². The largest absolute Gasteiger partial charge is 0.497 e. The smallest absolute Gasteiger partial charge is 0.127 e. The van der Waals surface area contributed by atoms with Crippen LogP contribution in [0.1, 0.15) is 5.56 Å². The Morgan fingerprint density at radius 1 is 1.27 bits per heavy atom. The summed E-state index contributed by atoms with van der Waals surface area (Å²) in [6.45, 7) is 1.95. The number of ether oxygens (including phenoxy) is 1.